The van der Waals surface area contributed by atoms with Crippen LogP contribution >= 0.6 is 22.9 Å². The predicted molar refractivity (Wildman–Crippen MR) is 191 cm³/mol. The lowest BCUT2D eigenvalue weighted by molar-refractivity contribution is -0.0828. The second kappa shape index (κ2) is 12.8. The third-order valence-electron chi connectivity index (χ3n) is 11.5. The van der Waals surface area contributed by atoms with Crippen LogP contribution in [0.3, 0.4) is 0 Å². The van der Waals surface area contributed by atoms with Gasteiger partial charge in [0.1, 0.15) is 11.4 Å². The zero-order chi connectivity index (χ0) is 33.8. The lowest BCUT2D eigenvalue weighted by Gasteiger charge is -2.50. The molecule has 0 radical (unpaired) electrons. The molecule has 1 aromatic heterocycles. The molecule has 1 amide bonds. The number of ether oxygens (including phenoxy) is 2. The Bertz CT molecular complexity index is 1860. The molecule has 1 fully saturated rings. The normalized spacial score (nSPS) is 32.2. The van der Waals surface area contributed by atoms with E-state index in [0.29, 0.717) is 30.9 Å². The van der Waals surface area contributed by atoms with Gasteiger partial charge in [0.15, 0.2) is 0 Å². The Kier molecular flexibility index (Phi) is 8.92. The second-order valence-electron chi connectivity index (χ2n) is 14.3. The quantitative estimate of drug-likeness (QED) is 0.282. The highest BCUT2D eigenvalue weighted by Crippen LogP contribution is 2.52. The molecule has 3 heterocycles. The maximum absolute atomic E-state index is 13.6. The number of nitrogens with zero attached hydrogens (tertiary/aromatic N) is 2. The lowest BCUT2D eigenvalue weighted by atomic mass is 9.63. The van der Waals surface area contributed by atoms with Gasteiger partial charge in [0.25, 0.3) is 5.91 Å². The van der Waals surface area contributed by atoms with Crippen molar-refractivity contribution in [2.45, 2.75) is 75.6 Å². The zero-order valence-electron chi connectivity index (χ0n) is 28.0. The number of halogens is 1. The van der Waals surface area contributed by atoms with Gasteiger partial charge in [-0.1, -0.05) is 36.7 Å². The van der Waals surface area contributed by atoms with Crippen molar-refractivity contribution in [2.75, 3.05) is 31.7 Å². The van der Waals surface area contributed by atoms with Crippen LogP contribution in [0.1, 0.15) is 78.1 Å². The van der Waals surface area contributed by atoms with E-state index in [2.05, 4.69) is 39.3 Å². The first-order chi connectivity index (χ1) is 22.9. The Morgan fingerprint density at radius 1 is 1.17 bits per heavy atom. The monoisotopic (exact) mass is 709 g/mol. The summed E-state index contributed by atoms with van der Waals surface area (Å²) < 4.78 is 42.5. The van der Waals surface area contributed by atoms with Crippen molar-refractivity contribution in [3.63, 3.8) is 0 Å². The van der Waals surface area contributed by atoms with Crippen LogP contribution in [0.25, 0.3) is 0 Å². The molecule has 6 atom stereocenters. The van der Waals surface area contributed by atoms with Gasteiger partial charge in [-0.05, 0) is 106 Å². The van der Waals surface area contributed by atoms with Crippen LogP contribution < -0.4 is 14.4 Å². The average Bonchev–Trinajstić information content (AvgIpc) is 3.43. The minimum Gasteiger partial charge on any atom is -0.490 e. The Morgan fingerprint density at radius 2 is 2.00 bits per heavy atom. The number of carbonyl (C=O) groups excluding carboxylic acids is 1. The zero-order valence-corrected chi connectivity index (χ0v) is 30.4. The van der Waals surface area contributed by atoms with Gasteiger partial charge in [-0.25, -0.2) is 18.1 Å². The summed E-state index contributed by atoms with van der Waals surface area (Å²) >= 11 is 8.08. The fraction of sp³-hybridized carbons (Fsp3) is 0.514. The number of thiazole rings is 1. The molecule has 256 valence electrons. The molecule has 11 heteroatoms. The molecule has 2 bridgehead atoms. The first-order valence-electron chi connectivity index (χ1n) is 17.0. The molecule has 1 N–H and O–H groups in total. The van der Waals surface area contributed by atoms with Gasteiger partial charge in [0.05, 0.1) is 28.2 Å². The van der Waals surface area contributed by atoms with Crippen molar-refractivity contribution in [1.82, 2.24) is 9.71 Å². The molecular weight excluding hydrogens is 666 g/mol. The number of amides is 1. The fourth-order valence-electron chi connectivity index (χ4n) is 8.39. The number of benzene rings is 2. The first-order valence-corrected chi connectivity index (χ1v) is 19.8. The largest absolute Gasteiger partial charge is 0.490 e. The van der Waals surface area contributed by atoms with E-state index < -0.39 is 26.8 Å². The summed E-state index contributed by atoms with van der Waals surface area (Å²) in [6.07, 6.45) is 9.66. The van der Waals surface area contributed by atoms with Crippen molar-refractivity contribution in [3.05, 3.63) is 86.3 Å². The molecule has 8 nitrogen and oxygen atoms in total. The standard InChI is InChI=1S/C37H44ClN3O5S2/c1-23-7-5-16-37(45-4,34-20-47-25(3)39-34)31-12-9-28(31)19-41-21-36(15-6-8-26-17-29(38)11-13-30(26)36)22-46-33-14-10-27(18-32(33)41)35(42)40-48(43,44)24(23)2/h5,10-11,13-14,16-18,20,23-24,28,31H,6-9,12,15,19,21-22H2,1-4H3,(H,40,42)/b16-5-/t23-,24+,28-,31+,36-,37-/m0/s1. The van der Waals surface area contributed by atoms with Crippen molar-refractivity contribution in [2.24, 2.45) is 17.8 Å². The van der Waals surface area contributed by atoms with Crippen LogP contribution in [0.15, 0.2) is 53.9 Å². The van der Waals surface area contributed by atoms with Gasteiger partial charge in [0, 0.05) is 47.5 Å². The van der Waals surface area contributed by atoms with Gasteiger partial charge in [-0.15, -0.1) is 11.3 Å². The van der Waals surface area contributed by atoms with E-state index in [9.17, 15) is 13.2 Å². The smallest absolute Gasteiger partial charge is 0.264 e. The van der Waals surface area contributed by atoms with E-state index >= 15 is 0 Å². The van der Waals surface area contributed by atoms with Crippen molar-refractivity contribution in [3.8, 4) is 5.75 Å². The van der Waals surface area contributed by atoms with Crippen molar-refractivity contribution < 1.29 is 22.7 Å². The van der Waals surface area contributed by atoms with Gasteiger partial charge >= 0.3 is 0 Å². The molecule has 0 saturated heterocycles. The third kappa shape index (κ3) is 5.86. The molecule has 1 saturated carbocycles. The Morgan fingerprint density at radius 3 is 2.73 bits per heavy atom. The summed E-state index contributed by atoms with van der Waals surface area (Å²) in [6, 6.07) is 11.5. The Labute approximate surface area is 292 Å². The minimum atomic E-state index is -3.96. The van der Waals surface area contributed by atoms with Crippen molar-refractivity contribution >= 4 is 44.6 Å². The maximum Gasteiger partial charge on any atom is 0.264 e. The van der Waals surface area contributed by atoms with Crippen LogP contribution in [-0.4, -0.2) is 51.4 Å². The number of hydrogen-bond donors (Lipinski definition) is 1. The average molecular weight is 710 g/mol. The van der Waals surface area contributed by atoms with Crippen LogP contribution in [0.4, 0.5) is 5.69 Å². The molecule has 0 unspecified atom stereocenters. The fourth-order valence-corrected chi connectivity index (χ4v) is 10.5. The topological polar surface area (TPSA) is 97.8 Å². The Balaban J connectivity index is 1.36. The minimum absolute atomic E-state index is 0.150. The number of hydrogen-bond acceptors (Lipinski definition) is 8. The van der Waals surface area contributed by atoms with Crippen LogP contribution in [0, 0.1) is 24.7 Å². The van der Waals surface area contributed by atoms with Crippen LogP contribution in [0.5, 0.6) is 5.75 Å². The number of fused-ring (bicyclic) bond motifs is 4. The highest BCUT2D eigenvalue weighted by Gasteiger charge is 2.51. The van der Waals surface area contributed by atoms with Crippen molar-refractivity contribution in [1.29, 1.82) is 0 Å². The predicted octanol–water partition coefficient (Wildman–Crippen LogP) is 7.19. The first kappa shape index (κ1) is 33.6. The number of aromatic nitrogens is 1. The SMILES string of the molecule is CO[C@@]1(c2csc(C)n2)/C=C\C[C@H](C)[C@@H](C)S(=O)(=O)NC(=O)c2ccc3c(c2)N(C[C@@H]2CC[C@H]21)C[C@@]1(CCCc2cc(Cl)ccc21)CO3. The molecule has 2 aliphatic heterocycles. The molecular formula is C37H44ClN3O5S2. The molecule has 3 aromatic rings. The van der Waals surface area contributed by atoms with E-state index in [0.717, 1.165) is 60.1 Å². The number of anilines is 1. The van der Waals surface area contributed by atoms with Gasteiger partial charge in [0.2, 0.25) is 10.0 Å². The van der Waals surface area contributed by atoms with E-state index in [1.807, 2.05) is 32.0 Å². The van der Waals surface area contributed by atoms with Crippen LogP contribution in [0.2, 0.25) is 5.02 Å². The molecule has 2 aliphatic carbocycles. The van der Waals surface area contributed by atoms with Gasteiger partial charge in [-0.2, -0.15) is 0 Å². The number of methoxy groups -OCH3 is 1. The van der Waals surface area contributed by atoms with E-state index in [1.54, 1.807) is 31.4 Å². The van der Waals surface area contributed by atoms with Gasteiger partial charge < -0.3 is 14.4 Å². The summed E-state index contributed by atoms with van der Waals surface area (Å²) in [6.45, 7) is 7.50. The lowest BCUT2D eigenvalue weighted by Crippen LogP contribution is -2.52. The van der Waals surface area contributed by atoms with E-state index in [-0.39, 0.29) is 23.2 Å². The summed E-state index contributed by atoms with van der Waals surface area (Å²) in [4.78, 5) is 20.9. The highest BCUT2D eigenvalue weighted by molar-refractivity contribution is 7.90. The molecule has 2 aromatic carbocycles. The number of allylic oxidation sites excluding steroid dienone is 1. The van der Waals surface area contributed by atoms with Gasteiger partial charge in [-0.3, -0.25) is 4.79 Å². The number of rotatable bonds is 2. The molecule has 4 aliphatic rings. The van der Waals surface area contributed by atoms with E-state index in [1.165, 1.54) is 11.1 Å². The highest BCUT2D eigenvalue weighted by atomic mass is 35.5. The third-order valence-corrected chi connectivity index (χ3v) is 14.4. The second-order valence-corrected chi connectivity index (χ2v) is 17.8. The number of aryl methyl sites for hydroxylation is 2. The Hall–Kier alpha value is -2.92. The van der Waals surface area contributed by atoms with Crippen LogP contribution in [-0.2, 0) is 32.2 Å². The maximum atomic E-state index is 13.6. The summed E-state index contributed by atoms with van der Waals surface area (Å²) in [5.41, 5.74) is 3.49. The number of carbonyl (C=O) groups is 1. The molecule has 48 heavy (non-hydrogen) atoms. The molecule has 7 rings (SSSR count). The summed E-state index contributed by atoms with van der Waals surface area (Å²) in [5, 5.41) is 3.02. The number of nitrogens with one attached hydrogen (secondary N) is 1. The summed E-state index contributed by atoms with van der Waals surface area (Å²) in [5.74, 6) is 0.241. The number of sulfonamides is 1. The molecule has 1 spiro atoms. The van der Waals surface area contributed by atoms with E-state index in [4.69, 9.17) is 26.1 Å². The summed E-state index contributed by atoms with van der Waals surface area (Å²) in [7, 11) is -2.20.